The van der Waals surface area contributed by atoms with Gasteiger partial charge in [0.2, 0.25) is 0 Å². The van der Waals surface area contributed by atoms with Gasteiger partial charge in [-0.1, -0.05) is 33.1 Å². The van der Waals surface area contributed by atoms with Crippen molar-refractivity contribution < 1.29 is 16.4 Å². The van der Waals surface area contributed by atoms with Crippen LogP contribution in [-0.2, 0) is 9.53 Å². The summed E-state index contributed by atoms with van der Waals surface area (Å²) in [5.41, 5.74) is 0. The molecule has 0 aliphatic rings. The molecule has 0 aliphatic heterocycles. The first-order valence-electron chi connectivity index (χ1n) is 7.38. The molecular formula is C11H22O2. The smallest absolute Gasteiger partial charge is 0.308 e. The minimum atomic E-state index is -2.95. The third-order valence-corrected chi connectivity index (χ3v) is 2.03. The molecule has 0 heterocycles. The standard InChI is InChI=1S/C11H22O2/c1-4-7-9-10(8-5-2)11(12)13-6-3/h10H,4-9H2,1-3H3/i3D3,6D2. The molecule has 0 saturated carbocycles. The third kappa shape index (κ3) is 5.67. The molecule has 0 radical (unpaired) electrons. The van der Waals surface area contributed by atoms with E-state index in [0.29, 0.717) is 12.8 Å². The zero-order chi connectivity index (χ0) is 14.4. The molecule has 0 spiro atoms. The summed E-state index contributed by atoms with van der Waals surface area (Å²) in [6.45, 7) is -1.95. The van der Waals surface area contributed by atoms with Crippen molar-refractivity contribution in [2.45, 2.75) is 52.8 Å². The van der Waals surface area contributed by atoms with Gasteiger partial charge in [-0.05, 0) is 19.7 Å². The molecule has 1 unspecified atom stereocenters. The Morgan fingerprint density at radius 2 is 2.23 bits per heavy atom. The van der Waals surface area contributed by atoms with Crippen LogP contribution < -0.4 is 0 Å². The van der Waals surface area contributed by atoms with Gasteiger partial charge in [0.25, 0.3) is 0 Å². The Balaban J connectivity index is 4.59. The summed E-state index contributed by atoms with van der Waals surface area (Å²) in [7, 11) is 0. The molecular weight excluding hydrogens is 164 g/mol. The van der Waals surface area contributed by atoms with Gasteiger partial charge in [-0.15, -0.1) is 0 Å². The van der Waals surface area contributed by atoms with Crippen molar-refractivity contribution in [3.8, 4) is 0 Å². The Labute approximate surface area is 88.7 Å². The second kappa shape index (κ2) is 8.09. The molecule has 0 N–H and O–H groups in total. The number of unbranched alkanes of at least 4 members (excludes halogenated alkanes) is 1. The maximum absolute atomic E-state index is 11.8. The molecule has 13 heavy (non-hydrogen) atoms. The Bertz CT molecular complexity index is 263. The quantitative estimate of drug-likeness (QED) is 0.578. The molecule has 0 aromatic carbocycles. The van der Waals surface area contributed by atoms with Gasteiger partial charge in [-0.3, -0.25) is 4.79 Å². The summed E-state index contributed by atoms with van der Waals surface area (Å²) in [6.07, 6.45) is 3.76. The Kier molecular flexibility index (Phi) is 3.76. The number of carbonyl (C=O) groups is 1. The first-order chi connectivity index (χ1) is 8.15. The topological polar surface area (TPSA) is 26.3 Å². The van der Waals surface area contributed by atoms with Crippen molar-refractivity contribution in [3.63, 3.8) is 0 Å². The van der Waals surface area contributed by atoms with Gasteiger partial charge in [-0.25, -0.2) is 0 Å². The first kappa shape index (κ1) is 6.05. The first-order valence-corrected chi connectivity index (χ1v) is 4.88. The summed E-state index contributed by atoms with van der Waals surface area (Å²) in [5.74, 6) is -1.15. The lowest BCUT2D eigenvalue weighted by atomic mass is 9.97. The van der Waals surface area contributed by atoms with E-state index in [2.05, 4.69) is 4.74 Å². The van der Waals surface area contributed by atoms with Crippen LogP contribution in [-0.4, -0.2) is 12.5 Å². The van der Waals surface area contributed by atoms with Crippen LogP contribution >= 0.6 is 0 Å². The molecule has 0 aliphatic carbocycles. The average Bonchev–Trinajstić information content (AvgIpc) is 2.21. The van der Waals surface area contributed by atoms with Crippen LogP contribution in [0.2, 0.25) is 0 Å². The van der Waals surface area contributed by atoms with Crippen LogP contribution in [0.4, 0.5) is 0 Å². The minimum Gasteiger partial charge on any atom is -0.466 e. The highest BCUT2D eigenvalue weighted by molar-refractivity contribution is 5.72. The maximum Gasteiger partial charge on any atom is 0.308 e. The van der Waals surface area contributed by atoms with E-state index < -0.39 is 25.3 Å². The van der Waals surface area contributed by atoms with E-state index in [4.69, 9.17) is 6.85 Å². The molecule has 0 amide bonds. The van der Waals surface area contributed by atoms with Gasteiger partial charge in [0.1, 0.15) is 0 Å². The fourth-order valence-electron chi connectivity index (χ4n) is 1.31. The molecule has 2 nitrogen and oxygen atoms in total. The molecule has 0 rings (SSSR count). The largest absolute Gasteiger partial charge is 0.466 e. The van der Waals surface area contributed by atoms with Gasteiger partial charge in [0.05, 0.1) is 15.2 Å². The van der Waals surface area contributed by atoms with Gasteiger partial charge in [0.15, 0.2) is 0 Å². The molecule has 0 aromatic heterocycles. The van der Waals surface area contributed by atoms with Crippen LogP contribution in [0.5, 0.6) is 0 Å². The lowest BCUT2D eigenvalue weighted by molar-refractivity contribution is -0.148. The van der Waals surface area contributed by atoms with Crippen LogP contribution in [0.25, 0.3) is 0 Å². The summed E-state index contributed by atoms with van der Waals surface area (Å²) in [6, 6.07) is 0. The van der Waals surface area contributed by atoms with Crippen molar-refractivity contribution in [1.29, 1.82) is 0 Å². The van der Waals surface area contributed by atoms with Crippen molar-refractivity contribution in [1.82, 2.24) is 0 Å². The normalized spacial score (nSPS) is 20.3. The lowest BCUT2D eigenvalue weighted by Crippen LogP contribution is -2.17. The second-order valence-electron chi connectivity index (χ2n) is 3.15. The Morgan fingerprint density at radius 3 is 2.77 bits per heavy atom. The highest BCUT2D eigenvalue weighted by atomic mass is 16.5. The number of hydrogen-bond acceptors (Lipinski definition) is 2. The lowest BCUT2D eigenvalue weighted by Gasteiger charge is -2.13. The van der Waals surface area contributed by atoms with E-state index in [1.165, 1.54) is 0 Å². The van der Waals surface area contributed by atoms with E-state index in [1.54, 1.807) is 0 Å². The maximum atomic E-state index is 11.8. The van der Waals surface area contributed by atoms with E-state index in [0.717, 1.165) is 19.3 Å². The van der Waals surface area contributed by atoms with Crippen LogP contribution in [0, 0.1) is 5.92 Å². The summed E-state index contributed by atoms with van der Waals surface area (Å²) in [4.78, 5) is 11.8. The van der Waals surface area contributed by atoms with Crippen molar-refractivity contribution in [2.24, 2.45) is 5.92 Å². The number of carbonyl (C=O) groups excluding carboxylic acids is 1. The Morgan fingerprint density at radius 1 is 1.46 bits per heavy atom. The number of rotatable bonds is 7. The molecule has 0 saturated heterocycles. The van der Waals surface area contributed by atoms with E-state index in [1.807, 2.05) is 13.8 Å². The molecule has 0 aromatic rings. The van der Waals surface area contributed by atoms with Crippen molar-refractivity contribution in [3.05, 3.63) is 0 Å². The molecule has 1 atom stereocenters. The third-order valence-electron chi connectivity index (χ3n) is 2.03. The van der Waals surface area contributed by atoms with Crippen LogP contribution in [0.3, 0.4) is 0 Å². The second-order valence-corrected chi connectivity index (χ2v) is 3.15. The average molecular weight is 191 g/mol. The molecule has 2 heteroatoms. The van der Waals surface area contributed by atoms with E-state index >= 15 is 0 Å². The van der Waals surface area contributed by atoms with Crippen LogP contribution in [0.1, 0.15) is 59.7 Å². The zero-order valence-corrected chi connectivity index (χ0v) is 8.43. The highest BCUT2D eigenvalue weighted by Crippen LogP contribution is 2.16. The molecule has 78 valence electrons. The molecule has 0 bridgehead atoms. The summed E-state index contributed by atoms with van der Waals surface area (Å²) in [5, 5.41) is 0. The number of hydrogen-bond donors (Lipinski definition) is 0. The summed E-state index contributed by atoms with van der Waals surface area (Å²) < 4.78 is 40.1. The van der Waals surface area contributed by atoms with E-state index in [9.17, 15) is 4.79 Å². The monoisotopic (exact) mass is 191 g/mol. The van der Waals surface area contributed by atoms with Gasteiger partial charge in [0, 0.05) is 4.11 Å². The van der Waals surface area contributed by atoms with Gasteiger partial charge in [-0.2, -0.15) is 0 Å². The van der Waals surface area contributed by atoms with Crippen molar-refractivity contribution in [2.75, 3.05) is 6.56 Å². The number of esters is 1. The fourth-order valence-corrected chi connectivity index (χ4v) is 1.31. The van der Waals surface area contributed by atoms with Crippen LogP contribution in [0.15, 0.2) is 0 Å². The highest BCUT2D eigenvalue weighted by Gasteiger charge is 2.17. The molecule has 0 fully saturated rings. The summed E-state index contributed by atoms with van der Waals surface area (Å²) >= 11 is 0. The Hall–Kier alpha value is -0.530. The zero-order valence-electron chi connectivity index (χ0n) is 13.4. The van der Waals surface area contributed by atoms with E-state index in [-0.39, 0.29) is 0 Å². The minimum absolute atomic E-state index is 0.410. The fraction of sp³-hybridized carbons (Fsp3) is 0.909. The number of ether oxygens (including phenoxy) is 1. The van der Waals surface area contributed by atoms with Crippen molar-refractivity contribution >= 4 is 5.97 Å². The van der Waals surface area contributed by atoms with Gasteiger partial charge >= 0.3 is 5.97 Å². The van der Waals surface area contributed by atoms with Gasteiger partial charge < -0.3 is 4.74 Å². The predicted molar refractivity (Wildman–Crippen MR) is 54.6 cm³/mol. The predicted octanol–water partition coefficient (Wildman–Crippen LogP) is 3.16. The SMILES string of the molecule is [2H]C([2H])([2H])C([2H])([2H])OC(=O)C(CCC)CCCC.